The smallest absolute Gasteiger partial charge is 0.305 e. The van der Waals surface area contributed by atoms with Gasteiger partial charge in [-0.05, 0) is 37.2 Å². The molecule has 1 fully saturated rings. The zero-order valence-electron chi connectivity index (χ0n) is 16.9. The predicted molar refractivity (Wildman–Crippen MR) is 127 cm³/mol. The van der Waals surface area contributed by atoms with Crippen LogP contribution >= 0.6 is 34.5 Å². The first-order valence-electron chi connectivity index (χ1n) is 10.2. The van der Waals surface area contributed by atoms with Crippen LogP contribution in [0.5, 0.6) is 0 Å². The van der Waals surface area contributed by atoms with Gasteiger partial charge >= 0.3 is 5.97 Å². The van der Waals surface area contributed by atoms with Crippen LogP contribution in [0.2, 0.25) is 10.0 Å². The van der Waals surface area contributed by atoms with Crippen LogP contribution in [0.1, 0.15) is 23.3 Å². The van der Waals surface area contributed by atoms with E-state index in [1.807, 2.05) is 42.5 Å². The second kappa shape index (κ2) is 10.0. The quantitative estimate of drug-likeness (QED) is 0.423. The number of hydrogen-bond acceptors (Lipinski definition) is 5. The fourth-order valence-electron chi connectivity index (χ4n) is 3.47. The van der Waals surface area contributed by atoms with Gasteiger partial charge in [-0.25, -0.2) is 4.98 Å². The number of nitrogens with zero attached hydrogens (tertiary/aromatic N) is 3. The predicted octanol–water partition coefficient (Wildman–Crippen LogP) is 5.80. The summed E-state index contributed by atoms with van der Waals surface area (Å²) in [5, 5.41) is 11.1. The molecule has 162 valence electrons. The molecule has 0 radical (unpaired) electrons. The van der Waals surface area contributed by atoms with Gasteiger partial charge in [-0.1, -0.05) is 70.9 Å². The Morgan fingerprint density at radius 2 is 1.90 bits per heavy atom. The number of halogens is 2. The van der Waals surface area contributed by atoms with Gasteiger partial charge in [0, 0.05) is 30.1 Å². The number of benzene rings is 2. The second-order valence-electron chi connectivity index (χ2n) is 7.58. The van der Waals surface area contributed by atoms with Gasteiger partial charge in [0.15, 0.2) is 5.13 Å². The molecule has 3 aromatic rings. The summed E-state index contributed by atoms with van der Waals surface area (Å²) < 4.78 is 0. The third-order valence-electron chi connectivity index (χ3n) is 5.28. The van der Waals surface area contributed by atoms with Crippen molar-refractivity contribution in [1.82, 2.24) is 9.88 Å². The van der Waals surface area contributed by atoms with E-state index >= 15 is 0 Å². The molecule has 2 aromatic carbocycles. The first kappa shape index (κ1) is 22.1. The SMILES string of the molecule is O=C(O)CCN(Cc1ccccc1)c1nc(-c2ccc(Cl)c(Cl)c2)c(CN2CCC2)s1. The van der Waals surface area contributed by atoms with Crippen molar-refractivity contribution >= 4 is 45.6 Å². The summed E-state index contributed by atoms with van der Waals surface area (Å²) >= 11 is 14.0. The van der Waals surface area contributed by atoms with Gasteiger partial charge in [-0.3, -0.25) is 9.69 Å². The highest BCUT2D eigenvalue weighted by molar-refractivity contribution is 7.16. The summed E-state index contributed by atoms with van der Waals surface area (Å²) in [5.74, 6) is -0.819. The number of carbonyl (C=O) groups is 1. The molecule has 31 heavy (non-hydrogen) atoms. The largest absolute Gasteiger partial charge is 0.481 e. The molecule has 0 saturated carbocycles. The Kier molecular flexibility index (Phi) is 7.13. The molecule has 8 heteroatoms. The van der Waals surface area contributed by atoms with Gasteiger partial charge in [-0.15, -0.1) is 0 Å². The Morgan fingerprint density at radius 3 is 2.55 bits per heavy atom. The van der Waals surface area contributed by atoms with Crippen molar-refractivity contribution < 1.29 is 9.90 Å². The number of thiazole rings is 1. The first-order valence-corrected chi connectivity index (χ1v) is 11.7. The Bertz CT molecular complexity index is 1050. The van der Waals surface area contributed by atoms with E-state index in [1.54, 1.807) is 17.4 Å². The van der Waals surface area contributed by atoms with Crippen LogP contribution in [0.3, 0.4) is 0 Å². The van der Waals surface area contributed by atoms with E-state index < -0.39 is 5.97 Å². The molecule has 5 nitrogen and oxygen atoms in total. The molecular formula is C23H23Cl2N3O2S. The maximum absolute atomic E-state index is 11.3. The highest BCUT2D eigenvalue weighted by Gasteiger charge is 2.23. The van der Waals surface area contributed by atoms with E-state index in [4.69, 9.17) is 28.2 Å². The van der Waals surface area contributed by atoms with Crippen LogP contribution < -0.4 is 4.90 Å². The van der Waals surface area contributed by atoms with Crippen LogP contribution in [-0.2, 0) is 17.9 Å². The molecule has 0 unspecified atom stereocenters. The first-order chi connectivity index (χ1) is 15.0. The molecule has 0 spiro atoms. The highest BCUT2D eigenvalue weighted by atomic mass is 35.5. The summed E-state index contributed by atoms with van der Waals surface area (Å²) in [5.41, 5.74) is 2.92. The van der Waals surface area contributed by atoms with Crippen molar-refractivity contribution in [3.63, 3.8) is 0 Å². The van der Waals surface area contributed by atoms with E-state index in [9.17, 15) is 9.90 Å². The van der Waals surface area contributed by atoms with E-state index in [0.717, 1.165) is 46.5 Å². The summed E-state index contributed by atoms with van der Waals surface area (Å²) in [4.78, 5) is 21.8. The molecule has 0 bridgehead atoms. The third kappa shape index (κ3) is 5.57. The number of carboxylic acids is 1. The summed E-state index contributed by atoms with van der Waals surface area (Å²) in [6, 6.07) is 15.6. The lowest BCUT2D eigenvalue weighted by atomic mass is 10.1. The minimum Gasteiger partial charge on any atom is -0.481 e. The van der Waals surface area contributed by atoms with Crippen LogP contribution in [0.4, 0.5) is 5.13 Å². The molecule has 0 aliphatic carbocycles. The third-order valence-corrected chi connectivity index (χ3v) is 7.12. The molecule has 1 saturated heterocycles. The number of hydrogen-bond donors (Lipinski definition) is 1. The van der Waals surface area contributed by atoms with Crippen molar-refractivity contribution in [3.8, 4) is 11.3 Å². The summed E-state index contributed by atoms with van der Waals surface area (Å²) in [7, 11) is 0. The molecule has 4 rings (SSSR count). The maximum Gasteiger partial charge on any atom is 0.305 e. The number of rotatable bonds is 9. The number of anilines is 1. The number of aromatic nitrogens is 1. The van der Waals surface area contributed by atoms with E-state index in [1.165, 1.54) is 6.42 Å². The van der Waals surface area contributed by atoms with Crippen molar-refractivity contribution in [2.45, 2.75) is 25.9 Å². The Labute approximate surface area is 195 Å². The molecule has 0 amide bonds. The van der Waals surface area contributed by atoms with E-state index in [2.05, 4.69) is 9.80 Å². The van der Waals surface area contributed by atoms with Gasteiger partial charge in [-0.2, -0.15) is 0 Å². The Morgan fingerprint density at radius 1 is 1.13 bits per heavy atom. The highest BCUT2D eigenvalue weighted by Crippen LogP contribution is 2.37. The topological polar surface area (TPSA) is 56.7 Å². The molecular weight excluding hydrogens is 453 g/mol. The van der Waals surface area contributed by atoms with Crippen LogP contribution in [0, 0.1) is 0 Å². The number of aliphatic carboxylic acids is 1. The average Bonchev–Trinajstić information content (AvgIpc) is 3.14. The summed E-state index contributed by atoms with van der Waals surface area (Å²) in [6.45, 7) is 3.99. The van der Waals surface area contributed by atoms with Crippen LogP contribution in [0.25, 0.3) is 11.3 Å². The number of likely N-dealkylation sites (tertiary alicyclic amines) is 1. The van der Waals surface area contributed by atoms with Crippen LogP contribution in [-0.4, -0.2) is 40.6 Å². The van der Waals surface area contributed by atoms with Gasteiger partial charge in [0.1, 0.15) is 0 Å². The fourth-order valence-corrected chi connectivity index (χ4v) is 4.92. The lowest BCUT2D eigenvalue weighted by Gasteiger charge is -2.30. The molecule has 1 aliphatic rings. The lowest BCUT2D eigenvalue weighted by Crippen LogP contribution is -2.36. The minimum absolute atomic E-state index is 0.0516. The Hall–Kier alpha value is -2.12. The minimum atomic E-state index is -0.819. The fraction of sp³-hybridized carbons (Fsp3) is 0.304. The lowest BCUT2D eigenvalue weighted by molar-refractivity contribution is -0.136. The van der Waals surface area contributed by atoms with Crippen LogP contribution in [0.15, 0.2) is 48.5 Å². The second-order valence-corrected chi connectivity index (χ2v) is 9.45. The van der Waals surface area contributed by atoms with E-state index in [-0.39, 0.29) is 6.42 Å². The standard InChI is InChI=1S/C23H23Cl2N3O2S/c24-18-8-7-17(13-19(18)25)22-20(15-27-10-4-11-27)31-23(26-22)28(12-9-21(29)30)14-16-5-2-1-3-6-16/h1-3,5-8,13H,4,9-12,14-15H2,(H,29,30). The molecule has 0 atom stereocenters. The number of carboxylic acid groups (broad SMARTS) is 1. The molecule has 2 heterocycles. The molecule has 1 aromatic heterocycles. The van der Waals surface area contributed by atoms with Crippen molar-refractivity contribution in [2.75, 3.05) is 24.5 Å². The summed E-state index contributed by atoms with van der Waals surface area (Å²) in [6.07, 6.45) is 1.27. The maximum atomic E-state index is 11.3. The van der Waals surface area contributed by atoms with Crippen molar-refractivity contribution in [3.05, 3.63) is 69.0 Å². The van der Waals surface area contributed by atoms with Gasteiger partial charge in [0.2, 0.25) is 0 Å². The van der Waals surface area contributed by atoms with Gasteiger partial charge < -0.3 is 10.0 Å². The normalized spacial score (nSPS) is 13.7. The molecule has 1 N–H and O–H groups in total. The van der Waals surface area contributed by atoms with E-state index in [0.29, 0.717) is 23.1 Å². The van der Waals surface area contributed by atoms with Crippen molar-refractivity contribution in [2.24, 2.45) is 0 Å². The van der Waals surface area contributed by atoms with Crippen molar-refractivity contribution in [1.29, 1.82) is 0 Å². The average molecular weight is 476 g/mol. The zero-order valence-corrected chi connectivity index (χ0v) is 19.3. The Balaban J connectivity index is 1.69. The van der Waals surface area contributed by atoms with Gasteiger partial charge in [0.25, 0.3) is 0 Å². The molecule has 1 aliphatic heterocycles. The zero-order chi connectivity index (χ0) is 21.8. The van der Waals surface area contributed by atoms with Gasteiger partial charge in [0.05, 0.1) is 22.2 Å². The monoisotopic (exact) mass is 475 g/mol.